The van der Waals surface area contributed by atoms with E-state index in [2.05, 4.69) is 10.6 Å². The molecule has 1 aliphatic heterocycles. The average molecular weight is 319 g/mol. The maximum atomic E-state index is 13.8. The standard InChI is InChI=1S/C15H20F2N2O.ClH/c1-3-14(12-5-4-11(16)6-13(12)17)19-15(20)9(2)10-7-18-8-10;/h4-6,9-10,14,18H,3,7-8H2,1-2H3,(H,19,20);1H. The van der Waals surface area contributed by atoms with Crippen LogP contribution in [-0.4, -0.2) is 19.0 Å². The second kappa shape index (κ2) is 7.71. The van der Waals surface area contributed by atoms with Crippen molar-refractivity contribution in [2.75, 3.05) is 13.1 Å². The highest BCUT2D eigenvalue weighted by molar-refractivity contribution is 5.85. The van der Waals surface area contributed by atoms with Crippen molar-refractivity contribution in [2.45, 2.75) is 26.3 Å². The number of hydrogen-bond acceptors (Lipinski definition) is 2. The molecule has 0 saturated carbocycles. The van der Waals surface area contributed by atoms with E-state index < -0.39 is 17.7 Å². The van der Waals surface area contributed by atoms with Gasteiger partial charge in [-0.25, -0.2) is 8.78 Å². The Hall–Kier alpha value is -1.20. The fourth-order valence-corrected chi connectivity index (χ4v) is 2.37. The van der Waals surface area contributed by atoms with Crippen molar-refractivity contribution in [1.29, 1.82) is 0 Å². The molecule has 2 rings (SSSR count). The molecule has 1 aromatic rings. The first-order chi connectivity index (χ1) is 9.52. The number of rotatable bonds is 5. The Balaban J connectivity index is 0.00000220. The van der Waals surface area contributed by atoms with E-state index in [0.717, 1.165) is 19.2 Å². The van der Waals surface area contributed by atoms with Crippen LogP contribution in [-0.2, 0) is 4.79 Å². The molecule has 2 unspecified atom stereocenters. The Kier molecular flexibility index (Phi) is 6.55. The maximum absolute atomic E-state index is 13.8. The molecule has 6 heteroatoms. The number of hydrogen-bond donors (Lipinski definition) is 2. The largest absolute Gasteiger partial charge is 0.349 e. The van der Waals surface area contributed by atoms with Crippen molar-refractivity contribution in [3.8, 4) is 0 Å². The molecule has 1 fully saturated rings. The summed E-state index contributed by atoms with van der Waals surface area (Å²) in [5, 5.41) is 5.99. The lowest BCUT2D eigenvalue weighted by molar-refractivity contribution is -0.127. The van der Waals surface area contributed by atoms with Crippen LogP contribution in [0.15, 0.2) is 18.2 Å². The second-order valence-corrected chi connectivity index (χ2v) is 5.34. The first-order valence-electron chi connectivity index (χ1n) is 6.99. The predicted molar refractivity (Wildman–Crippen MR) is 80.3 cm³/mol. The van der Waals surface area contributed by atoms with Gasteiger partial charge in [0.05, 0.1) is 6.04 Å². The van der Waals surface area contributed by atoms with Crippen molar-refractivity contribution in [2.24, 2.45) is 11.8 Å². The fraction of sp³-hybridized carbons (Fsp3) is 0.533. The molecule has 0 spiro atoms. The van der Waals surface area contributed by atoms with Crippen molar-refractivity contribution in [3.05, 3.63) is 35.4 Å². The Morgan fingerprint density at radius 3 is 2.57 bits per heavy atom. The van der Waals surface area contributed by atoms with Gasteiger partial charge in [-0.15, -0.1) is 12.4 Å². The van der Waals surface area contributed by atoms with Crippen LogP contribution in [0.4, 0.5) is 8.78 Å². The van der Waals surface area contributed by atoms with E-state index in [1.807, 2.05) is 13.8 Å². The van der Waals surface area contributed by atoms with E-state index >= 15 is 0 Å². The molecule has 1 aliphatic rings. The Labute approximate surface area is 129 Å². The molecule has 0 aromatic heterocycles. The summed E-state index contributed by atoms with van der Waals surface area (Å²) < 4.78 is 26.7. The van der Waals surface area contributed by atoms with E-state index in [-0.39, 0.29) is 24.2 Å². The number of benzene rings is 1. The first kappa shape index (κ1) is 17.9. The smallest absolute Gasteiger partial charge is 0.223 e. The zero-order valence-corrected chi connectivity index (χ0v) is 13.0. The Morgan fingerprint density at radius 2 is 2.10 bits per heavy atom. The van der Waals surface area contributed by atoms with Gasteiger partial charge < -0.3 is 10.6 Å². The third-order valence-corrected chi connectivity index (χ3v) is 4.00. The highest BCUT2D eigenvalue weighted by Crippen LogP contribution is 2.23. The summed E-state index contributed by atoms with van der Waals surface area (Å²) in [7, 11) is 0. The second-order valence-electron chi connectivity index (χ2n) is 5.34. The van der Waals surface area contributed by atoms with E-state index in [4.69, 9.17) is 0 Å². The summed E-state index contributed by atoms with van der Waals surface area (Å²) in [6.45, 7) is 5.43. The van der Waals surface area contributed by atoms with Crippen LogP contribution in [0.25, 0.3) is 0 Å². The molecule has 0 aliphatic carbocycles. The predicted octanol–water partition coefficient (Wildman–Crippen LogP) is 2.81. The topological polar surface area (TPSA) is 41.1 Å². The number of carbonyl (C=O) groups excluding carboxylic acids is 1. The van der Waals surface area contributed by atoms with Crippen LogP contribution in [0.5, 0.6) is 0 Å². The van der Waals surface area contributed by atoms with Crippen molar-refractivity contribution < 1.29 is 13.6 Å². The molecule has 0 radical (unpaired) electrons. The van der Waals surface area contributed by atoms with E-state index in [9.17, 15) is 13.6 Å². The van der Waals surface area contributed by atoms with E-state index in [1.54, 1.807) is 0 Å². The minimum absolute atomic E-state index is 0. The highest BCUT2D eigenvalue weighted by atomic mass is 35.5. The third kappa shape index (κ3) is 4.14. The first-order valence-corrected chi connectivity index (χ1v) is 6.99. The Morgan fingerprint density at radius 1 is 1.43 bits per heavy atom. The van der Waals surface area contributed by atoms with Crippen molar-refractivity contribution >= 4 is 18.3 Å². The molecule has 1 heterocycles. The molecular weight excluding hydrogens is 298 g/mol. The summed E-state index contributed by atoms with van der Waals surface area (Å²) in [5.41, 5.74) is 0.334. The monoisotopic (exact) mass is 318 g/mol. The van der Waals surface area contributed by atoms with Crippen LogP contribution in [0.2, 0.25) is 0 Å². The summed E-state index contributed by atoms with van der Waals surface area (Å²) in [6, 6.07) is 3.04. The van der Waals surface area contributed by atoms with Gasteiger partial charge in [-0.2, -0.15) is 0 Å². The molecule has 1 saturated heterocycles. The molecule has 1 aromatic carbocycles. The number of nitrogens with one attached hydrogen (secondary N) is 2. The van der Waals surface area contributed by atoms with Crippen LogP contribution >= 0.6 is 12.4 Å². The van der Waals surface area contributed by atoms with Gasteiger partial charge in [-0.1, -0.05) is 19.9 Å². The Bertz CT molecular complexity index is 495. The normalized spacial score (nSPS) is 17.3. The van der Waals surface area contributed by atoms with Gasteiger partial charge in [-0.05, 0) is 31.5 Å². The van der Waals surface area contributed by atoms with Gasteiger partial charge in [0, 0.05) is 17.5 Å². The van der Waals surface area contributed by atoms with E-state index in [0.29, 0.717) is 17.9 Å². The van der Waals surface area contributed by atoms with E-state index in [1.165, 1.54) is 12.1 Å². The van der Waals surface area contributed by atoms with Gasteiger partial charge in [0.25, 0.3) is 0 Å². The van der Waals surface area contributed by atoms with Gasteiger partial charge in [0.1, 0.15) is 11.6 Å². The van der Waals surface area contributed by atoms with Crippen LogP contribution in [0.3, 0.4) is 0 Å². The summed E-state index contributed by atoms with van der Waals surface area (Å²) in [5.74, 6) is -1.07. The minimum atomic E-state index is -0.616. The molecule has 0 bridgehead atoms. The molecule has 118 valence electrons. The molecule has 1 amide bonds. The molecule has 3 nitrogen and oxygen atoms in total. The van der Waals surface area contributed by atoms with Crippen LogP contribution < -0.4 is 10.6 Å². The van der Waals surface area contributed by atoms with Crippen molar-refractivity contribution in [3.63, 3.8) is 0 Å². The number of carbonyl (C=O) groups is 1. The quantitative estimate of drug-likeness (QED) is 0.876. The number of halogens is 3. The van der Waals surface area contributed by atoms with Gasteiger partial charge in [-0.3, -0.25) is 4.79 Å². The van der Waals surface area contributed by atoms with Crippen molar-refractivity contribution in [1.82, 2.24) is 10.6 Å². The molecular formula is C15H21ClF2N2O. The zero-order valence-electron chi connectivity index (χ0n) is 12.2. The highest BCUT2D eigenvalue weighted by Gasteiger charge is 2.30. The molecule has 21 heavy (non-hydrogen) atoms. The fourth-order valence-electron chi connectivity index (χ4n) is 2.37. The lowest BCUT2D eigenvalue weighted by Crippen LogP contribution is -2.50. The molecule has 2 N–H and O–H groups in total. The average Bonchev–Trinajstić information content (AvgIpc) is 2.34. The lowest BCUT2D eigenvalue weighted by Gasteiger charge is -2.32. The van der Waals surface area contributed by atoms with Gasteiger partial charge >= 0.3 is 0 Å². The lowest BCUT2D eigenvalue weighted by atomic mass is 9.88. The minimum Gasteiger partial charge on any atom is -0.349 e. The summed E-state index contributed by atoms with van der Waals surface area (Å²) in [4.78, 5) is 12.2. The maximum Gasteiger partial charge on any atom is 0.223 e. The SMILES string of the molecule is CCC(NC(=O)C(C)C1CNC1)c1ccc(F)cc1F.Cl. The van der Waals surface area contributed by atoms with Crippen LogP contribution in [0.1, 0.15) is 31.9 Å². The summed E-state index contributed by atoms with van der Waals surface area (Å²) >= 11 is 0. The van der Waals surface area contributed by atoms with Gasteiger partial charge in [0.2, 0.25) is 5.91 Å². The number of amides is 1. The third-order valence-electron chi connectivity index (χ3n) is 4.00. The van der Waals surface area contributed by atoms with Gasteiger partial charge in [0.15, 0.2) is 0 Å². The summed E-state index contributed by atoms with van der Waals surface area (Å²) in [6.07, 6.45) is 0.559. The van der Waals surface area contributed by atoms with Crippen LogP contribution in [0, 0.1) is 23.5 Å². The molecule has 2 atom stereocenters. The zero-order chi connectivity index (χ0) is 14.7.